The van der Waals surface area contributed by atoms with Gasteiger partial charge < -0.3 is 5.84 Å². The Morgan fingerprint density at radius 2 is 1.67 bits per heavy atom. The maximum absolute atomic E-state index is 14.4. The summed E-state index contributed by atoms with van der Waals surface area (Å²) in [4.78, 5) is 4.25. The van der Waals surface area contributed by atoms with Crippen LogP contribution in [0.2, 0.25) is 0 Å². The van der Waals surface area contributed by atoms with Gasteiger partial charge in [-0.2, -0.15) is 0 Å². The van der Waals surface area contributed by atoms with Crippen molar-refractivity contribution in [2.75, 3.05) is 5.84 Å². The topological polar surface area (TPSA) is 43.8 Å². The van der Waals surface area contributed by atoms with Gasteiger partial charge in [0.2, 0.25) is 0 Å². The van der Waals surface area contributed by atoms with Gasteiger partial charge in [-0.05, 0) is 17.7 Å². The number of alkyl halides is 1. The number of hydrogen-bond acceptors (Lipinski definition) is 2. The third-order valence-corrected chi connectivity index (χ3v) is 2.94. The highest BCUT2D eigenvalue weighted by Crippen LogP contribution is 2.26. The van der Waals surface area contributed by atoms with Gasteiger partial charge in [0.1, 0.15) is 0 Å². The third-order valence-electron chi connectivity index (χ3n) is 2.94. The Morgan fingerprint density at radius 1 is 1.00 bits per heavy atom. The molecule has 0 aliphatic heterocycles. The molecule has 1 heterocycles. The number of nitrogen functional groups attached to an aromatic ring is 1. The molecule has 0 saturated heterocycles. The van der Waals surface area contributed by atoms with Crippen molar-refractivity contribution < 1.29 is 4.39 Å². The van der Waals surface area contributed by atoms with E-state index < -0.39 is 6.17 Å². The number of nitrogens with zero attached hydrogens (tertiary/aromatic N) is 2. The van der Waals surface area contributed by atoms with Crippen LogP contribution in [0.1, 0.15) is 17.6 Å². The van der Waals surface area contributed by atoms with Gasteiger partial charge in [0.25, 0.3) is 0 Å². The van der Waals surface area contributed by atoms with Crippen LogP contribution in [0.5, 0.6) is 0 Å². The molecule has 1 atom stereocenters. The van der Waals surface area contributed by atoms with Crippen molar-refractivity contribution in [2.24, 2.45) is 0 Å². The Balaban J connectivity index is 2.12. The van der Waals surface area contributed by atoms with Crippen LogP contribution in [0, 0.1) is 0 Å². The molecular weight excluding hydrogens is 229 g/mol. The van der Waals surface area contributed by atoms with Crippen LogP contribution < -0.4 is 5.84 Å². The van der Waals surface area contributed by atoms with Crippen molar-refractivity contribution >= 4 is 11.0 Å². The largest absolute Gasteiger partial charge is 0.337 e. The summed E-state index contributed by atoms with van der Waals surface area (Å²) in [7, 11) is 0. The molecule has 1 unspecified atom stereocenters. The predicted molar refractivity (Wildman–Crippen MR) is 69.3 cm³/mol. The standard InChI is InChI=1S/C14H12FN3/c15-13(10-6-2-1-3-7-10)14-17-11-8-4-5-9-12(11)18(14)16/h1-9,13H,16H2. The molecule has 0 aliphatic carbocycles. The molecule has 3 aromatic rings. The molecule has 1 aromatic heterocycles. The third kappa shape index (κ3) is 1.62. The first-order valence-corrected chi connectivity index (χ1v) is 5.69. The zero-order valence-electron chi connectivity index (χ0n) is 9.62. The van der Waals surface area contributed by atoms with Gasteiger partial charge >= 0.3 is 0 Å². The second-order valence-electron chi connectivity index (χ2n) is 4.10. The Labute approximate surface area is 104 Å². The minimum absolute atomic E-state index is 0.224. The first-order chi connectivity index (χ1) is 8.77. The summed E-state index contributed by atoms with van der Waals surface area (Å²) in [5, 5.41) is 0. The van der Waals surface area contributed by atoms with Gasteiger partial charge in [-0.15, -0.1) is 0 Å². The number of fused-ring (bicyclic) bond motifs is 1. The lowest BCUT2D eigenvalue weighted by molar-refractivity contribution is 0.379. The summed E-state index contributed by atoms with van der Waals surface area (Å²) in [6, 6.07) is 16.2. The van der Waals surface area contributed by atoms with E-state index in [1.54, 1.807) is 24.3 Å². The lowest BCUT2D eigenvalue weighted by Crippen LogP contribution is -2.14. The first-order valence-electron chi connectivity index (χ1n) is 5.69. The van der Waals surface area contributed by atoms with E-state index in [2.05, 4.69) is 4.98 Å². The van der Waals surface area contributed by atoms with Crippen molar-refractivity contribution in [3.05, 3.63) is 66.0 Å². The number of hydrogen-bond donors (Lipinski definition) is 1. The quantitative estimate of drug-likeness (QED) is 0.701. The van der Waals surface area contributed by atoms with Gasteiger partial charge in [0, 0.05) is 0 Å². The molecule has 0 aliphatic rings. The number of para-hydroxylation sites is 2. The fraction of sp³-hybridized carbons (Fsp3) is 0.0714. The zero-order valence-corrected chi connectivity index (χ0v) is 9.62. The summed E-state index contributed by atoms with van der Waals surface area (Å²) in [5.74, 6) is 6.12. The van der Waals surface area contributed by atoms with E-state index >= 15 is 0 Å². The van der Waals surface area contributed by atoms with Gasteiger partial charge in [-0.25, -0.2) is 14.1 Å². The minimum Gasteiger partial charge on any atom is -0.337 e. The van der Waals surface area contributed by atoms with Crippen LogP contribution in [0.25, 0.3) is 11.0 Å². The van der Waals surface area contributed by atoms with Gasteiger partial charge in [0.05, 0.1) is 11.0 Å². The molecular formula is C14H12FN3. The monoisotopic (exact) mass is 241 g/mol. The summed E-state index contributed by atoms with van der Waals surface area (Å²) in [6.45, 7) is 0. The molecule has 0 amide bonds. The van der Waals surface area contributed by atoms with Crippen molar-refractivity contribution in [1.82, 2.24) is 9.66 Å². The average Bonchev–Trinajstić information content (AvgIpc) is 2.77. The Morgan fingerprint density at radius 3 is 2.39 bits per heavy atom. The molecule has 0 spiro atoms. The van der Waals surface area contributed by atoms with E-state index in [4.69, 9.17) is 5.84 Å². The van der Waals surface area contributed by atoms with Crippen molar-refractivity contribution in [3.63, 3.8) is 0 Å². The van der Waals surface area contributed by atoms with Crippen LogP contribution in [-0.2, 0) is 0 Å². The van der Waals surface area contributed by atoms with Gasteiger partial charge in [0.15, 0.2) is 12.0 Å². The van der Waals surface area contributed by atoms with Crippen LogP contribution in [-0.4, -0.2) is 9.66 Å². The smallest absolute Gasteiger partial charge is 0.184 e. The van der Waals surface area contributed by atoms with Crippen molar-refractivity contribution in [2.45, 2.75) is 6.17 Å². The molecule has 0 saturated carbocycles. The fourth-order valence-electron chi connectivity index (χ4n) is 2.01. The summed E-state index contributed by atoms with van der Waals surface area (Å²) in [6.07, 6.45) is -1.32. The molecule has 0 radical (unpaired) electrons. The van der Waals surface area contributed by atoms with E-state index in [0.717, 1.165) is 5.52 Å². The molecule has 0 bridgehead atoms. The molecule has 0 fully saturated rings. The lowest BCUT2D eigenvalue weighted by Gasteiger charge is -2.08. The highest BCUT2D eigenvalue weighted by molar-refractivity contribution is 5.76. The Kier molecular flexibility index (Phi) is 2.48. The van der Waals surface area contributed by atoms with E-state index in [1.165, 1.54) is 4.68 Å². The zero-order chi connectivity index (χ0) is 12.5. The van der Waals surface area contributed by atoms with Crippen LogP contribution >= 0.6 is 0 Å². The van der Waals surface area contributed by atoms with E-state index in [1.807, 2.05) is 30.3 Å². The van der Waals surface area contributed by atoms with E-state index in [-0.39, 0.29) is 5.82 Å². The summed E-state index contributed by atoms with van der Waals surface area (Å²) in [5.41, 5.74) is 1.99. The second-order valence-corrected chi connectivity index (χ2v) is 4.10. The van der Waals surface area contributed by atoms with Crippen LogP contribution in [0.15, 0.2) is 54.6 Å². The highest BCUT2D eigenvalue weighted by Gasteiger charge is 2.19. The maximum Gasteiger partial charge on any atom is 0.184 e. The van der Waals surface area contributed by atoms with Gasteiger partial charge in [-0.3, -0.25) is 0 Å². The molecule has 4 heteroatoms. The summed E-state index contributed by atoms with van der Waals surface area (Å²) < 4.78 is 15.7. The first kappa shape index (κ1) is 10.8. The Hall–Kier alpha value is -2.36. The number of imidazole rings is 1. The minimum atomic E-state index is -1.32. The van der Waals surface area contributed by atoms with Crippen molar-refractivity contribution in [3.8, 4) is 0 Å². The number of halogens is 1. The molecule has 90 valence electrons. The van der Waals surface area contributed by atoms with Crippen LogP contribution in [0.3, 0.4) is 0 Å². The maximum atomic E-state index is 14.4. The molecule has 2 N–H and O–H groups in total. The number of aromatic nitrogens is 2. The normalized spacial score (nSPS) is 12.7. The SMILES string of the molecule is Nn1c(C(F)c2ccccc2)nc2ccccc21. The molecule has 3 rings (SSSR count). The van der Waals surface area contributed by atoms with Gasteiger partial charge in [-0.1, -0.05) is 42.5 Å². The van der Waals surface area contributed by atoms with E-state index in [9.17, 15) is 4.39 Å². The second kappa shape index (κ2) is 4.14. The number of nitrogens with two attached hydrogens (primary N) is 1. The lowest BCUT2D eigenvalue weighted by atomic mass is 10.1. The predicted octanol–water partition coefficient (Wildman–Crippen LogP) is 2.81. The van der Waals surface area contributed by atoms with E-state index in [0.29, 0.717) is 11.1 Å². The fourth-order valence-corrected chi connectivity index (χ4v) is 2.01. The molecule has 3 nitrogen and oxygen atoms in total. The summed E-state index contributed by atoms with van der Waals surface area (Å²) >= 11 is 0. The molecule has 2 aromatic carbocycles. The Bertz CT molecular complexity index is 676. The van der Waals surface area contributed by atoms with Crippen molar-refractivity contribution in [1.29, 1.82) is 0 Å². The van der Waals surface area contributed by atoms with Crippen LogP contribution in [0.4, 0.5) is 4.39 Å². The molecule has 18 heavy (non-hydrogen) atoms. The number of rotatable bonds is 2. The average molecular weight is 241 g/mol. The number of benzene rings is 2. The highest BCUT2D eigenvalue weighted by atomic mass is 19.1.